The maximum atomic E-state index is 12.2. The summed E-state index contributed by atoms with van der Waals surface area (Å²) >= 11 is 0. The number of para-hydroxylation sites is 1. The van der Waals surface area contributed by atoms with Gasteiger partial charge in [0.15, 0.2) is 0 Å². The molecular formula is C17H22N2O2. The molecule has 0 spiro atoms. The first-order chi connectivity index (χ1) is 10.1. The fourth-order valence-electron chi connectivity index (χ4n) is 2.33. The third-order valence-electron chi connectivity index (χ3n) is 4.29. The van der Waals surface area contributed by atoms with Crippen LogP contribution < -0.4 is 5.32 Å². The Morgan fingerprint density at radius 2 is 1.90 bits per heavy atom. The van der Waals surface area contributed by atoms with Crippen LogP contribution >= 0.6 is 0 Å². The highest BCUT2D eigenvalue weighted by Crippen LogP contribution is 2.24. The molecule has 0 fully saturated rings. The van der Waals surface area contributed by atoms with Gasteiger partial charge in [0, 0.05) is 17.3 Å². The molecule has 4 nitrogen and oxygen atoms in total. The molecule has 2 rings (SSSR count). The standard InChI is InChI=1S/C17H22N2O2/c1-3-17(4-2,12-20)11-18-16(21)15-10-9-13-7-5-6-8-14(13)19-15/h5-10,20H,3-4,11-12H2,1-2H3,(H,18,21). The third kappa shape index (κ3) is 3.39. The number of carbonyl (C=O) groups is 1. The van der Waals surface area contributed by atoms with E-state index in [0.29, 0.717) is 12.2 Å². The van der Waals surface area contributed by atoms with E-state index in [1.165, 1.54) is 0 Å². The van der Waals surface area contributed by atoms with Crippen LogP contribution in [0.3, 0.4) is 0 Å². The van der Waals surface area contributed by atoms with Gasteiger partial charge in [0.1, 0.15) is 5.69 Å². The van der Waals surface area contributed by atoms with E-state index in [1.807, 2.05) is 44.2 Å². The normalized spacial score (nSPS) is 11.6. The van der Waals surface area contributed by atoms with E-state index in [1.54, 1.807) is 6.07 Å². The molecule has 0 bridgehead atoms. The minimum absolute atomic E-state index is 0.0748. The average molecular weight is 286 g/mol. The van der Waals surface area contributed by atoms with Crippen LogP contribution in [0.15, 0.2) is 36.4 Å². The van der Waals surface area contributed by atoms with Crippen LogP contribution in [0.1, 0.15) is 37.2 Å². The Balaban J connectivity index is 2.11. The van der Waals surface area contributed by atoms with E-state index in [0.717, 1.165) is 23.7 Å². The average Bonchev–Trinajstić information content (AvgIpc) is 2.56. The lowest BCUT2D eigenvalue weighted by molar-refractivity contribution is 0.0847. The van der Waals surface area contributed by atoms with Gasteiger partial charge in [-0.1, -0.05) is 38.1 Å². The van der Waals surface area contributed by atoms with Crippen LogP contribution in [0, 0.1) is 5.41 Å². The lowest BCUT2D eigenvalue weighted by atomic mass is 9.83. The summed E-state index contributed by atoms with van der Waals surface area (Å²) in [4.78, 5) is 16.6. The highest BCUT2D eigenvalue weighted by molar-refractivity contribution is 5.94. The van der Waals surface area contributed by atoms with Gasteiger partial charge in [-0.2, -0.15) is 0 Å². The summed E-state index contributed by atoms with van der Waals surface area (Å²) in [5.74, 6) is -0.194. The van der Waals surface area contributed by atoms with Gasteiger partial charge in [-0.25, -0.2) is 4.98 Å². The second-order valence-electron chi connectivity index (χ2n) is 5.44. The molecule has 21 heavy (non-hydrogen) atoms. The first-order valence-electron chi connectivity index (χ1n) is 7.39. The number of aliphatic hydroxyl groups is 1. The number of aromatic nitrogens is 1. The van der Waals surface area contributed by atoms with E-state index < -0.39 is 0 Å². The molecular weight excluding hydrogens is 264 g/mol. The zero-order valence-corrected chi connectivity index (χ0v) is 12.6. The Morgan fingerprint density at radius 3 is 2.57 bits per heavy atom. The molecule has 1 heterocycles. The van der Waals surface area contributed by atoms with Gasteiger partial charge in [0.25, 0.3) is 5.91 Å². The summed E-state index contributed by atoms with van der Waals surface area (Å²) in [6.45, 7) is 4.59. The minimum atomic E-state index is -0.244. The minimum Gasteiger partial charge on any atom is -0.396 e. The van der Waals surface area contributed by atoms with Crippen molar-refractivity contribution in [1.82, 2.24) is 10.3 Å². The number of benzene rings is 1. The molecule has 0 saturated heterocycles. The monoisotopic (exact) mass is 286 g/mol. The van der Waals surface area contributed by atoms with Crippen LogP contribution in [-0.2, 0) is 0 Å². The van der Waals surface area contributed by atoms with Crippen LogP contribution in [0.25, 0.3) is 10.9 Å². The van der Waals surface area contributed by atoms with Crippen molar-refractivity contribution >= 4 is 16.8 Å². The van der Waals surface area contributed by atoms with Gasteiger partial charge in [-0.3, -0.25) is 4.79 Å². The lowest BCUT2D eigenvalue weighted by Gasteiger charge is -2.29. The summed E-state index contributed by atoms with van der Waals surface area (Å²) in [6.07, 6.45) is 1.65. The molecule has 2 aromatic rings. The Bertz CT molecular complexity index is 613. The van der Waals surface area contributed by atoms with Crippen LogP contribution in [-0.4, -0.2) is 29.1 Å². The number of hydrogen-bond acceptors (Lipinski definition) is 3. The van der Waals surface area contributed by atoms with Gasteiger partial charge < -0.3 is 10.4 Å². The van der Waals surface area contributed by atoms with Gasteiger partial charge >= 0.3 is 0 Å². The number of hydrogen-bond donors (Lipinski definition) is 2. The van der Waals surface area contributed by atoms with Crippen molar-refractivity contribution < 1.29 is 9.90 Å². The van der Waals surface area contributed by atoms with Gasteiger partial charge in [0.2, 0.25) is 0 Å². The Labute approximate surface area is 125 Å². The van der Waals surface area contributed by atoms with Crippen molar-refractivity contribution in [2.24, 2.45) is 5.41 Å². The number of aliphatic hydroxyl groups excluding tert-OH is 1. The Morgan fingerprint density at radius 1 is 1.19 bits per heavy atom. The maximum Gasteiger partial charge on any atom is 0.269 e. The number of rotatable bonds is 6. The van der Waals surface area contributed by atoms with Crippen molar-refractivity contribution in [3.63, 3.8) is 0 Å². The second-order valence-corrected chi connectivity index (χ2v) is 5.44. The third-order valence-corrected chi connectivity index (χ3v) is 4.29. The summed E-state index contributed by atoms with van der Waals surface area (Å²) in [7, 11) is 0. The molecule has 2 N–H and O–H groups in total. The molecule has 1 amide bonds. The zero-order chi connectivity index (χ0) is 15.3. The van der Waals surface area contributed by atoms with Crippen molar-refractivity contribution in [1.29, 1.82) is 0 Å². The fourth-order valence-corrected chi connectivity index (χ4v) is 2.33. The summed E-state index contributed by atoms with van der Waals surface area (Å²) in [6, 6.07) is 11.3. The predicted octanol–water partition coefficient (Wildman–Crippen LogP) is 2.76. The molecule has 112 valence electrons. The molecule has 0 aliphatic carbocycles. The number of pyridine rings is 1. The predicted molar refractivity (Wildman–Crippen MR) is 84.2 cm³/mol. The smallest absolute Gasteiger partial charge is 0.269 e. The number of amides is 1. The van der Waals surface area contributed by atoms with E-state index in [9.17, 15) is 9.90 Å². The molecule has 1 aromatic heterocycles. The lowest BCUT2D eigenvalue weighted by Crippen LogP contribution is -2.39. The molecule has 4 heteroatoms. The largest absolute Gasteiger partial charge is 0.396 e. The van der Waals surface area contributed by atoms with Crippen molar-refractivity contribution in [3.05, 3.63) is 42.1 Å². The first-order valence-corrected chi connectivity index (χ1v) is 7.39. The molecule has 0 saturated carbocycles. The van der Waals surface area contributed by atoms with E-state index in [4.69, 9.17) is 0 Å². The molecule has 0 unspecified atom stereocenters. The fraction of sp³-hybridized carbons (Fsp3) is 0.412. The Hall–Kier alpha value is -1.94. The topological polar surface area (TPSA) is 62.2 Å². The zero-order valence-electron chi connectivity index (χ0n) is 12.6. The Kier molecular flexibility index (Phi) is 4.91. The van der Waals surface area contributed by atoms with E-state index in [2.05, 4.69) is 10.3 Å². The van der Waals surface area contributed by atoms with Gasteiger partial charge in [-0.15, -0.1) is 0 Å². The summed E-state index contributed by atoms with van der Waals surface area (Å²) < 4.78 is 0. The molecule has 0 atom stereocenters. The van der Waals surface area contributed by atoms with E-state index in [-0.39, 0.29) is 17.9 Å². The number of nitrogens with zero attached hydrogens (tertiary/aromatic N) is 1. The first kappa shape index (κ1) is 15.4. The van der Waals surface area contributed by atoms with Crippen LogP contribution in [0.4, 0.5) is 0 Å². The quantitative estimate of drug-likeness (QED) is 0.858. The van der Waals surface area contributed by atoms with E-state index >= 15 is 0 Å². The summed E-state index contributed by atoms with van der Waals surface area (Å²) in [5.41, 5.74) is 0.976. The van der Waals surface area contributed by atoms with Crippen molar-refractivity contribution in [3.8, 4) is 0 Å². The van der Waals surface area contributed by atoms with Crippen molar-refractivity contribution in [2.75, 3.05) is 13.2 Å². The highest BCUT2D eigenvalue weighted by atomic mass is 16.3. The second kappa shape index (κ2) is 6.68. The van der Waals surface area contributed by atoms with Crippen LogP contribution in [0.2, 0.25) is 0 Å². The maximum absolute atomic E-state index is 12.2. The molecule has 0 radical (unpaired) electrons. The number of nitrogens with one attached hydrogen (secondary N) is 1. The summed E-state index contributed by atoms with van der Waals surface area (Å²) in [5, 5.41) is 13.4. The number of fused-ring (bicyclic) bond motifs is 1. The van der Waals surface area contributed by atoms with Crippen molar-refractivity contribution in [2.45, 2.75) is 26.7 Å². The molecule has 0 aliphatic rings. The highest BCUT2D eigenvalue weighted by Gasteiger charge is 2.26. The molecule has 0 aliphatic heterocycles. The van der Waals surface area contributed by atoms with Crippen LogP contribution in [0.5, 0.6) is 0 Å². The van der Waals surface area contributed by atoms with Gasteiger partial charge in [-0.05, 0) is 25.0 Å². The number of carbonyl (C=O) groups excluding carboxylic acids is 1. The van der Waals surface area contributed by atoms with Gasteiger partial charge in [0.05, 0.1) is 12.1 Å². The molecule has 1 aromatic carbocycles. The SMILES string of the molecule is CCC(CC)(CO)CNC(=O)c1ccc2ccccc2n1.